The van der Waals surface area contributed by atoms with E-state index < -0.39 is 0 Å². The third-order valence-electron chi connectivity index (χ3n) is 5.15. The first-order chi connectivity index (χ1) is 15.1. The van der Waals surface area contributed by atoms with Crippen LogP contribution < -0.4 is 10.1 Å². The second-order valence-corrected chi connectivity index (χ2v) is 8.53. The molecule has 2 aromatic carbocycles. The molecule has 1 aliphatic rings. The summed E-state index contributed by atoms with van der Waals surface area (Å²) in [5, 5.41) is 14.0. The predicted octanol–water partition coefficient (Wildman–Crippen LogP) is 5.50. The highest BCUT2D eigenvalue weighted by molar-refractivity contribution is 8.00. The van der Waals surface area contributed by atoms with Crippen molar-refractivity contribution in [2.24, 2.45) is 0 Å². The van der Waals surface area contributed by atoms with Crippen molar-refractivity contribution in [2.45, 2.75) is 24.3 Å². The van der Waals surface area contributed by atoms with E-state index in [0.29, 0.717) is 21.3 Å². The van der Waals surface area contributed by atoms with Crippen LogP contribution in [0.1, 0.15) is 23.2 Å². The van der Waals surface area contributed by atoms with Crippen molar-refractivity contribution < 1.29 is 9.53 Å². The Morgan fingerprint density at radius 1 is 1.19 bits per heavy atom. The molecule has 4 rings (SSSR count). The minimum atomic E-state index is -0.162. The van der Waals surface area contributed by atoms with Crippen LogP contribution in [0.15, 0.2) is 53.6 Å². The van der Waals surface area contributed by atoms with E-state index in [1.165, 1.54) is 11.8 Å². The van der Waals surface area contributed by atoms with Gasteiger partial charge >= 0.3 is 0 Å². The van der Waals surface area contributed by atoms with E-state index in [1.807, 2.05) is 24.3 Å². The second-order valence-electron chi connectivity index (χ2n) is 7.13. The van der Waals surface area contributed by atoms with Gasteiger partial charge in [0.05, 0.1) is 18.4 Å². The number of nitrogens with zero attached hydrogens (tertiary/aromatic N) is 2. The topological polar surface area (TPSA) is 75.0 Å². The molecule has 1 N–H and O–H groups in total. The van der Waals surface area contributed by atoms with E-state index in [0.717, 1.165) is 47.4 Å². The zero-order valence-corrected chi connectivity index (χ0v) is 18.5. The van der Waals surface area contributed by atoms with E-state index in [2.05, 4.69) is 11.4 Å². The molecule has 0 fully saturated rings. The van der Waals surface area contributed by atoms with Crippen molar-refractivity contribution in [1.29, 1.82) is 5.26 Å². The molecule has 0 unspecified atom stereocenters. The number of carbonyl (C=O) groups excluding carboxylic acids is 1. The molecule has 31 heavy (non-hydrogen) atoms. The van der Waals surface area contributed by atoms with Crippen molar-refractivity contribution >= 4 is 35.0 Å². The number of thioether (sulfide) groups is 1. The number of nitriles is 1. The summed E-state index contributed by atoms with van der Waals surface area (Å²) in [7, 11) is 1.63. The van der Waals surface area contributed by atoms with Gasteiger partial charge in [-0.1, -0.05) is 35.5 Å². The number of ether oxygens (including phenoxy) is 1. The fourth-order valence-electron chi connectivity index (χ4n) is 3.71. The molecule has 0 aliphatic heterocycles. The van der Waals surface area contributed by atoms with Crippen LogP contribution >= 0.6 is 23.4 Å². The van der Waals surface area contributed by atoms with Gasteiger partial charge in [-0.25, -0.2) is 4.98 Å². The smallest absolute Gasteiger partial charge is 0.234 e. The van der Waals surface area contributed by atoms with Crippen LogP contribution in [0.4, 0.5) is 5.69 Å². The lowest BCUT2D eigenvalue weighted by molar-refractivity contribution is -0.113. The van der Waals surface area contributed by atoms with Gasteiger partial charge in [-0.05, 0) is 66.8 Å². The van der Waals surface area contributed by atoms with Crippen LogP contribution in [0.5, 0.6) is 5.75 Å². The van der Waals surface area contributed by atoms with Gasteiger partial charge in [-0.2, -0.15) is 5.26 Å². The summed E-state index contributed by atoms with van der Waals surface area (Å²) in [4.78, 5) is 17.2. The second kappa shape index (κ2) is 9.42. The zero-order valence-electron chi connectivity index (χ0n) is 16.9. The van der Waals surface area contributed by atoms with Gasteiger partial charge in [0.1, 0.15) is 16.8 Å². The minimum absolute atomic E-state index is 0.158. The molecule has 0 radical (unpaired) electrons. The Morgan fingerprint density at radius 3 is 2.61 bits per heavy atom. The standard InChI is InChI=1S/C24H20ClN3O2S/c1-30-18-11-5-15(6-12-18)23-19-3-2-4-21(19)28-24(20(23)13-26)31-14-22(29)27-17-9-7-16(25)8-10-17/h5-12H,2-4,14H2,1H3,(H,27,29). The Balaban J connectivity index is 1.61. The van der Waals surface area contributed by atoms with Crippen LogP contribution in [-0.2, 0) is 17.6 Å². The largest absolute Gasteiger partial charge is 0.497 e. The first-order valence-corrected chi connectivity index (χ1v) is 11.2. The average molecular weight is 450 g/mol. The van der Waals surface area contributed by atoms with Gasteiger partial charge in [0.25, 0.3) is 0 Å². The predicted molar refractivity (Wildman–Crippen MR) is 124 cm³/mol. The Bertz CT molecular complexity index is 1160. The van der Waals surface area contributed by atoms with Crippen LogP contribution in [0.3, 0.4) is 0 Å². The third-order valence-corrected chi connectivity index (χ3v) is 6.38. The summed E-state index contributed by atoms with van der Waals surface area (Å²) in [6.07, 6.45) is 2.80. The number of rotatable bonds is 6. The third kappa shape index (κ3) is 4.68. The lowest BCUT2D eigenvalue weighted by atomic mass is 9.95. The minimum Gasteiger partial charge on any atom is -0.497 e. The molecule has 0 saturated heterocycles. The fourth-order valence-corrected chi connectivity index (χ4v) is 4.64. The molecule has 156 valence electrons. The maximum absolute atomic E-state index is 12.4. The van der Waals surface area contributed by atoms with E-state index in [1.54, 1.807) is 31.4 Å². The molecule has 1 heterocycles. The Hall–Kier alpha value is -3.01. The van der Waals surface area contributed by atoms with Crippen molar-refractivity contribution in [3.05, 3.63) is 70.4 Å². The molecule has 5 nitrogen and oxygen atoms in total. The molecule has 7 heteroatoms. The molecule has 1 aliphatic carbocycles. The number of anilines is 1. The maximum Gasteiger partial charge on any atom is 0.234 e. The number of benzene rings is 2. The summed E-state index contributed by atoms with van der Waals surface area (Å²) in [6.45, 7) is 0. The van der Waals surface area contributed by atoms with Gasteiger partial charge in [-0.3, -0.25) is 4.79 Å². The number of amides is 1. The van der Waals surface area contributed by atoms with Crippen LogP contribution in [-0.4, -0.2) is 23.8 Å². The molecule has 0 bridgehead atoms. The summed E-state index contributed by atoms with van der Waals surface area (Å²) in [6, 6.07) is 17.0. The van der Waals surface area contributed by atoms with Crippen LogP contribution in [0.25, 0.3) is 11.1 Å². The van der Waals surface area contributed by atoms with Gasteiger partial charge in [-0.15, -0.1) is 0 Å². The average Bonchev–Trinajstić information content (AvgIpc) is 3.26. The quantitative estimate of drug-likeness (QED) is 0.503. The van der Waals surface area contributed by atoms with Crippen molar-refractivity contribution in [3.63, 3.8) is 0 Å². The van der Waals surface area contributed by atoms with Crippen molar-refractivity contribution in [3.8, 4) is 22.9 Å². The number of hydrogen-bond donors (Lipinski definition) is 1. The van der Waals surface area contributed by atoms with Crippen LogP contribution in [0.2, 0.25) is 5.02 Å². The van der Waals surface area contributed by atoms with E-state index in [-0.39, 0.29) is 11.7 Å². The molecular weight excluding hydrogens is 430 g/mol. The lowest BCUT2D eigenvalue weighted by Crippen LogP contribution is -2.14. The molecule has 0 saturated carbocycles. The summed E-state index contributed by atoms with van der Waals surface area (Å²) >= 11 is 7.18. The number of methoxy groups -OCH3 is 1. The molecule has 0 atom stereocenters. The number of pyridine rings is 1. The number of aryl methyl sites for hydroxylation is 1. The molecule has 1 amide bonds. The number of carbonyl (C=O) groups is 1. The molecule has 3 aromatic rings. The number of halogens is 1. The Labute approximate surface area is 190 Å². The monoisotopic (exact) mass is 449 g/mol. The first-order valence-electron chi connectivity index (χ1n) is 9.87. The van der Waals surface area contributed by atoms with E-state index >= 15 is 0 Å². The van der Waals surface area contributed by atoms with Crippen molar-refractivity contribution in [1.82, 2.24) is 4.98 Å². The molecular formula is C24H20ClN3O2S. The lowest BCUT2D eigenvalue weighted by Gasteiger charge is -2.15. The van der Waals surface area contributed by atoms with Gasteiger partial charge in [0.2, 0.25) is 5.91 Å². The Kier molecular flexibility index (Phi) is 6.45. The van der Waals surface area contributed by atoms with Gasteiger partial charge in [0.15, 0.2) is 0 Å². The molecule has 1 aromatic heterocycles. The fraction of sp³-hybridized carbons (Fsp3) is 0.208. The SMILES string of the molecule is COc1ccc(-c2c(C#N)c(SCC(=O)Nc3ccc(Cl)cc3)nc3c2CCC3)cc1. The first kappa shape index (κ1) is 21.2. The van der Waals surface area contributed by atoms with E-state index in [4.69, 9.17) is 21.3 Å². The Morgan fingerprint density at radius 2 is 1.94 bits per heavy atom. The van der Waals surface area contributed by atoms with E-state index in [9.17, 15) is 10.1 Å². The van der Waals surface area contributed by atoms with Crippen LogP contribution in [0, 0.1) is 11.3 Å². The number of nitrogens with one attached hydrogen (secondary N) is 1. The highest BCUT2D eigenvalue weighted by atomic mass is 35.5. The zero-order chi connectivity index (χ0) is 21.8. The summed E-state index contributed by atoms with van der Waals surface area (Å²) < 4.78 is 5.27. The highest BCUT2D eigenvalue weighted by Gasteiger charge is 2.24. The normalized spacial score (nSPS) is 12.2. The summed E-state index contributed by atoms with van der Waals surface area (Å²) in [5.41, 5.74) is 5.24. The number of hydrogen-bond acceptors (Lipinski definition) is 5. The summed E-state index contributed by atoms with van der Waals surface area (Å²) in [5.74, 6) is 0.761. The molecule has 0 spiro atoms. The maximum atomic E-state index is 12.4. The van der Waals surface area contributed by atoms with Crippen molar-refractivity contribution in [2.75, 3.05) is 18.2 Å². The highest BCUT2D eigenvalue weighted by Crippen LogP contribution is 2.39. The number of aromatic nitrogens is 1. The van der Waals surface area contributed by atoms with Gasteiger partial charge in [0, 0.05) is 22.0 Å². The van der Waals surface area contributed by atoms with Gasteiger partial charge < -0.3 is 10.1 Å². The number of fused-ring (bicyclic) bond motifs is 1.